The quantitative estimate of drug-likeness (QED) is 0.925. The first-order valence-electron chi connectivity index (χ1n) is 7.76. The molecule has 1 aromatic carbocycles. The van der Waals surface area contributed by atoms with Gasteiger partial charge in [0.15, 0.2) is 0 Å². The number of benzene rings is 1. The second kappa shape index (κ2) is 7.25. The Labute approximate surface area is 126 Å². The van der Waals surface area contributed by atoms with E-state index in [4.69, 9.17) is 0 Å². The molecule has 1 aliphatic heterocycles. The Morgan fingerprint density at radius 3 is 2.43 bits per heavy atom. The van der Waals surface area contributed by atoms with Crippen LogP contribution < -0.4 is 5.32 Å². The first kappa shape index (κ1) is 15.5. The number of likely N-dealkylation sites (tertiary alicyclic amines) is 1. The van der Waals surface area contributed by atoms with Crippen LogP contribution in [-0.2, 0) is 4.79 Å². The SMILES string of the molecule is CC[C@@H](C)NC(=O)C1CCN(C(=O)c2ccccc2)CC1. The Hall–Kier alpha value is -1.84. The molecule has 0 saturated carbocycles. The van der Waals surface area contributed by atoms with Crippen LogP contribution in [0.5, 0.6) is 0 Å². The number of nitrogens with zero attached hydrogens (tertiary/aromatic N) is 1. The predicted molar refractivity (Wildman–Crippen MR) is 83.0 cm³/mol. The van der Waals surface area contributed by atoms with Crippen LogP contribution in [0.15, 0.2) is 30.3 Å². The van der Waals surface area contributed by atoms with E-state index in [1.54, 1.807) is 0 Å². The fourth-order valence-corrected chi connectivity index (χ4v) is 2.57. The molecule has 1 N–H and O–H groups in total. The first-order chi connectivity index (χ1) is 10.1. The van der Waals surface area contributed by atoms with Gasteiger partial charge in [-0.05, 0) is 38.3 Å². The number of nitrogens with one attached hydrogen (secondary N) is 1. The van der Waals surface area contributed by atoms with Crippen molar-refractivity contribution in [1.29, 1.82) is 0 Å². The van der Waals surface area contributed by atoms with E-state index in [0.29, 0.717) is 13.1 Å². The third kappa shape index (κ3) is 4.06. The van der Waals surface area contributed by atoms with Crippen LogP contribution in [-0.4, -0.2) is 35.8 Å². The van der Waals surface area contributed by atoms with Crippen LogP contribution in [0.2, 0.25) is 0 Å². The van der Waals surface area contributed by atoms with Crippen molar-refractivity contribution in [1.82, 2.24) is 10.2 Å². The molecule has 0 aromatic heterocycles. The summed E-state index contributed by atoms with van der Waals surface area (Å²) in [7, 11) is 0. The van der Waals surface area contributed by atoms with Gasteiger partial charge in [-0.2, -0.15) is 0 Å². The van der Waals surface area contributed by atoms with Gasteiger partial charge in [-0.15, -0.1) is 0 Å². The van der Waals surface area contributed by atoms with Gasteiger partial charge in [0.05, 0.1) is 0 Å². The van der Waals surface area contributed by atoms with E-state index < -0.39 is 0 Å². The molecule has 1 saturated heterocycles. The lowest BCUT2D eigenvalue weighted by atomic mass is 9.95. The van der Waals surface area contributed by atoms with E-state index in [9.17, 15) is 9.59 Å². The Kier molecular flexibility index (Phi) is 5.37. The highest BCUT2D eigenvalue weighted by Gasteiger charge is 2.28. The molecule has 0 aliphatic carbocycles. The molecule has 114 valence electrons. The Morgan fingerprint density at radius 1 is 1.24 bits per heavy atom. The van der Waals surface area contributed by atoms with Crippen molar-refractivity contribution in [3.8, 4) is 0 Å². The van der Waals surface area contributed by atoms with Gasteiger partial charge in [0.1, 0.15) is 0 Å². The Balaban J connectivity index is 1.86. The number of amides is 2. The van der Waals surface area contributed by atoms with E-state index in [1.165, 1.54) is 0 Å². The van der Waals surface area contributed by atoms with E-state index in [-0.39, 0.29) is 23.8 Å². The maximum atomic E-state index is 12.3. The number of carbonyl (C=O) groups excluding carboxylic acids is 2. The van der Waals surface area contributed by atoms with Crippen molar-refractivity contribution in [3.63, 3.8) is 0 Å². The Bertz CT molecular complexity index is 479. The van der Waals surface area contributed by atoms with E-state index in [0.717, 1.165) is 24.8 Å². The average molecular weight is 288 g/mol. The highest BCUT2D eigenvalue weighted by Crippen LogP contribution is 2.19. The molecule has 1 atom stereocenters. The van der Waals surface area contributed by atoms with Crippen LogP contribution in [0.25, 0.3) is 0 Å². The van der Waals surface area contributed by atoms with Crippen molar-refractivity contribution < 1.29 is 9.59 Å². The highest BCUT2D eigenvalue weighted by molar-refractivity contribution is 5.94. The second-order valence-electron chi connectivity index (χ2n) is 5.75. The van der Waals surface area contributed by atoms with Crippen molar-refractivity contribution in [2.24, 2.45) is 5.92 Å². The molecule has 0 unspecified atom stereocenters. The van der Waals surface area contributed by atoms with E-state index in [2.05, 4.69) is 12.2 Å². The molecule has 1 aromatic rings. The highest BCUT2D eigenvalue weighted by atomic mass is 16.2. The fraction of sp³-hybridized carbons (Fsp3) is 0.529. The number of hydrogen-bond acceptors (Lipinski definition) is 2. The van der Waals surface area contributed by atoms with Crippen LogP contribution in [0, 0.1) is 5.92 Å². The molecule has 4 nitrogen and oxygen atoms in total. The van der Waals surface area contributed by atoms with Crippen LogP contribution in [0.3, 0.4) is 0 Å². The summed E-state index contributed by atoms with van der Waals surface area (Å²) in [5.41, 5.74) is 0.722. The summed E-state index contributed by atoms with van der Waals surface area (Å²) in [6, 6.07) is 9.55. The van der Waals surface area contributed by atoms with Gasteiger partial charge in [0.25, 0.3) is 5.91 Å². The minimum absolute atomic E-state index is 0.0406. The van der Waals surface area contributed by atoms with Crippen molar-refractivity contribution >= 4 is 11.8 Å². The summed E-state index contributed by atoms with van der Waals surface area (Å²) in [6.07, 6.45) is 2.44. The van der Waals surface area contributed by atoms with Crippen LogP contribution >= 0.6 is 0 Å². The maximum absolute atomic E-state index is 12.3. The smallest absolute Gasteiger partial charge is 0.253 e. The maximum Gasteiger partial charge on any atom is 0.253 e. The molecule has 0 radical (unpaired) electrons. The molecule has 1 fully saturated rings. The van der Waals surface area contributed by atoms with E-state index in [1.807, 2.05) is 42.2 Å². The summed E-state index contributed by atoms with van der Waals surface area (Å²) >= 11 is 0. The van der Waals surface area contributed by atoms with Crippen molar-refractivity contribution in [2.45, 2.75) is 39.2 Å². The first-order valence-corrected chi connectivity index (χ1v) is 7.76. The minimum atomic E-state index is 0.0406. The molecule has 21 heavy (non-hydrogen) atoms. The lowest BCUT2D eigenvalue weighted by Crippen LogP contribution is -2.44. The van der Waals surface area contributed by atoms with E-state index >= 15 is 0 Å². The van der Waals surface area contributed by atoms with Gasteiger partial charge in [0.2, 0.25) is 5.91 Å². The summed E-state index contributed by atoms with van der Waals surface area (Å²) in [4.78, 5) is 26.3. The standard InChI is InChI=1S/C17H24N2O2/c1-3-13(2)18-16(20)14-9-11-19(12-10-14)17(21)15-7-5-4-6-8-15/h4-8,13-14H,3,9-12H2,1-2H3,(H,18,20)/t13-/m1/s1. The zero-order chi connectivity index (χ0) is 15.2. The predicted octanol–water partition coefficient (Wildman–Crippen LogP) is 2.45. The number of rotatable bonds is 4. The summed E-state index contributed by atoms with van der Waals surface area (Å²) in [5.74, 6) is 0.242. The number of piperidine rings is 1. The lowest BCUT2D eigenvalue weighted by molar-refractivity contribution is -0.126. The van der Waals surface area contributed by atoms with Gasteiger partial charge in [0, 0.05) is 30.6 Å². The largest absolute Gasteiger partial charge is 0.353 e. The minimum Gasteiger partial charge on any atom is -0.353 e. The number of hydrogen-bond donors (Lipinski definition) is 1. The molecule has 0 bridgehead atoms. The zero-order valence-corrected chi connectivity index (χ0v) is 12.8. The Morgan fingerprint density at radius 2 is 1.86 bits per heavy atom. The molecular weight excluding hydrogens is 264 g/mol. The van der Waals surface area contributed by atoms with Crippen molar-refractivity contribution in [2.75, 3.05) is 13.1 Å². The number of carbonyl (C=O) groups is 2. The average Bonchev–Trinajstić information content (AvgIpc) is 2.55. The summed E-state index contributed by atoms with van der Waals surface area (Å²) in [6.45, 7) is 5.40. The summed E-state index contributed by atoms with van der Waals surface area (Å²) < 4.78 is 0. The molecule has 1 aliphatic rings. The van der Waals surface area contributed by atoms with Crippen molar-refractivity contribution in [3.05, 3.63) is 35.9 Å². The fourth-order valence-electron chi connectivity index (χ4n) is 2.57. The molecule has 2 amide bonds. The normalized spacial score (nSPS) is 17.3. The molecule has 2 rings (SSSR count). The van der Waals surface area contributed by atoms with Gasteiger partial charge in [-0.25, -0.2) is 0 Å². The molecular formula is C17H24N2O2. The van der Waals surface area contributed by atoms with Gasteiger partial charge >= 0.3 is 0 Å². The topological polar surface area (TPSA) is 49.4 Å². The van der Waals surface area contributed by atoms with Crippen LogP contribution in [0.1, 0.15) is 43.5 Å². The van der Waals surface area contributed by atoms with Gasteiger partial charge in [-0.1, -0.05) is 25.1 Å². The third-order valence-corrected chi connectivity index (χ3v) is 4.17. The molecule has 1 heterocycles. The molecule has 0 spiro atoms. The molecule has 4 heteroatoms. The van der Waals surface area contributed by atoms with Gasteiger partial charge < -0.3 is 10.2 Å². The second-order valence-corrected chi connectivity index (χ2v) is 5.75. The van der Waals surface area contributed by atoms with Gasteiger partial charge in [-0.3, -0.25) is 9.59 Å². The van der Waals surface area contributed by atoms with Crippen LogP contribution in [0.4, 0.5) is 0 Å². The monoisotopic (exact) mass is 288 g/mol. The zero-order valence-electron chi connectivity index (χ0n) is 12.8. The third-order valence-electron chi connectivity index (χ3n) is 4.17. The lowest BCUT2D eigenvalue weighted by Gasteiger charge is -2.32. The summed E-state index contributed by atoms with van der Waals surface area (Å²) in [5, 5.41) is 3.03.